The summed E-state index contributed by atoms with van der Waals surface area (Å²) in [6.07, 6.45) is 2.75. The second-order valence-corrected chi connectivity index (χ2v) is 9.00. The zero-order valence-electron chi connectivity index (χ0n) is 18.8. The number of rotatable bonds is 6. The minimum absolute atomic E-state index is 0. The van der Waals surface area contributed by atoms with E-state index < -0.39 is 34.3 Å². The van der Waals surface area contributed by atoms with Crippen LogP contribution in [0.25, 0.3) is 0 Å². The van der Waals surface area contributed by atoms with Crippen molar-refractivity contribution in [3.63, 3.8) is 0 Å². The highest BCUT2D eigenvalue weighted by Crippen LogP contribution is 2.47. The van der Waals surface area contributed by atoms with Crippen molar-refractivity contribution in [2.45, 2.75) is 38.4 Å². The first kappa shape index (κ1) is 26.0. The van der Waals surface area contributed by atoms with Crippen molar-refractivity contribution >= 4 is 35.8 Å². The molecule has 0 atom stereocenters. The van der Waals surface area contributed by atoms with Crippen LogP contribution in [0, 0.1) is 11.7 Å². The lowest BCUT2D eigenvalue weighted by Crippen LogP contribution is -2.65. The minimum Gasteiger partial charge on any atom is -0.503 e. The van der Waals surface area contributed by atoms with E-state index in [1.807, 2.05) is 6.92 Å². The number of amides is 2. The van der Waals surface area contributed by atoms with Crippen molar-refractivity contribution in [2.75, 3.05) is 20.3 Å². The first-order chi connectivity index (χ1) is 15.7. The number of pyridine rings is 1. The van der Waals surface area contributed by atoms with Crippen LogP contribution in [0.5, 0.6) is 5.75 Å². The smallest absolute Gasteiger partial charge is 0.275 e. The molecule has 184 valence electrons. The van der Waals surface area contributed by atoms with Crippen LogP contribution in [-0.2, 0) is 17.8 Å². The van der Waals surface area contributed by atoms with E-state index in [0.717, 1.165) is 12.8 Å². The Balaban J connectivity index is 0.00000324. The number of ether oxygens (including phenoxy) is 1. The van der Waals surface area contributed by atoms with Crippen molar-refractivity contribution in [1.29, 1.82) is 0 Å². The van der Waals surface area contributed by atoms with Crippen molar-refractivity contribution < 1.29 is 23.8 Å². The summed E-state index contributed by atoms with van der Waals surface area (Å²) in [5.74, 6) is -2.34. The van der Waals surface area contributed by atoms with Crippen molar-refractivity contribution in [2.24, 2.45) is 5.92 Å². The van der Waals surface area contributed by atoms with Crippen LogP contribution in [0.3, 0.4) is 0 Å². The van der Waals surface area contributed by atoms with E-state index >= 15 is 0 Å². The second kappa shape index (κ2) is 9.93. The molecule has 34 heavy (non-hydrogen) atoms. The largest absolute Gasteiger partial charge is 0.503 e. The number of nitrogens with zero attached hydrogens (tertiary/aromatic N) is 2. The molecule has 1 saturated carbocycles. The average Bonchev–Trinajstić information content (AvgIpc) is 2.76. The summed E-state index contributed by atoms with van der Waals surface area (Å²) in [7, 11) is 1.63. The number of fused-ring (bicyclic) bond motifs is 1. The average molecular weight is 514 g/mol. The lowest BCUT2D eigenvalue weighted by molar-refractivity contribution is -0.0533. The molecular weight excluding hydrogens is 488 g/mol. The highest BCUT2D eigenvalue weighted by Gasteiger charge is 2.53. The first-order valence-electron chi connectivity index (χ1n) is 10.7. The summed E-state index contributed by atoms with van der Waals surface area (Å²) < 4.78 is 20.8. The normalized spacial score (nSPS) is 21.0. The van der Waals surface area contributed by atoms with Gasteiger partial charge in [-0.3, -0.25) is 14.4 Å². The van der Waals surface area contributed by atoms with Gasteiger partial charge in [0.2, 0.25) is 5.43 Å². The number of likely N-dealkylation sites (N-methyl/N-ethyl adjacent to an activating group) is 1. The Hall–Kier alpha value is -2.62. The highest BCUT2D eigenvalue weighted by molar-refractivity contribution is 6.30. The van der Waals surface area contributed by atoms with Gasteiger partial charge in [0.15, 0.2) is 11.4 Å². The predicted octanol–water partition coefficient (Wildman–Crippen LogP) is 2.97. The van der Waals surface area contributed by atoms with Gasteiger partial charge in [0, 0.05) is 45.1 Å². The molecule has 0 saturated heterocycles. The molecule has 1 aromatic carbocycles. The summed E-state index contributed by atoms with van der Waals surface area (Å²) in [5, 5.41) is 13.0. The fraction of sp³-hybridized carbons (Fsp3) is 0.435. The van der Waals surface area contributed by atoms with Crippen LogP contribution in [0.4, 0.5) is 4.39 Å². The third-order valence-electron chi connectivity index (χ3n) is 6.51. The molecule has 1 aliphatic heterocycles. The Labute approximate surface area is 207 Å². The molecule has 2 heterocycles. The number of halogens is 3. The summed E-state index contributed by atoms with van der Waals surface area (Å²) in [4.78, 5) is 40.4. The Morgan fingerprint density at radius 3 is 2.71 bits per heavy atom. The number of hydrogen-bond donors (Lipinski definition) is 2. The molecule has 2 aromatic rings. The SMILES string of the molecule is CCN1C(=O)c2c(O)c(=O)c(C(=O)NCc3cccc(Cl)c3F)cn2CC12CC(COC)C2.Cl. The Kier molecular flexibility index (Phi) is 7.59. The molecule has 2 aliphatic rings. The molecule has 0 radical (unpaired) electrons. The van der Waals surface area contributed by atoms with Crippen LogP contribution in [-0.4, -0.2) is 52.2 Å². The topological polar surface area (TPSA) is 101 Å². The molecule has 1 aromatic heterocycles. The van der Waals surface area contributed by atoms with E-state index in [9.17, 15) is 23.9 Å². The van der Waals surface area contributed by atoms with Gasteiger partial charge in [0.05, 0.1) is 10.6 Å². The van der Waals surface area contributed by atoms with Crippen molar-refractivity contribution in [3.8, 4) is 5.75 Å². The van der Waals surface area contributed by atoms with Crippen LogP contribution in [0.15, 0.2) is 29.2 Å². The molecule has 0 bridgehead atoms. The molecular formula is C23H26Cl2FN3O5. The maximum Gasteiger partial charge on any atom is 0.275 e. The van der Waals surface area contributed by atoms with E-state index in [0.29, 0.717) is 25.6 Å². The summed E-state index contributed by atoms with van der Waals surface area (Å²) >= 11 is 5.77. The molecule has 8 nitrogen and oxygen atoms in total. The highest BCUT2D eigenvalue weighted by atomic mass is 35.5. The van der Waals surface area contributed by atoms with Gasteiger partial charge in [-0.05, 0) is 31.7 Å². The van der Waals surface area contributed by atoms with Gasteiger partial charge >= 0.3 is 0 Å². The van der Waals surface area contributed by atoms with E-state index in [2.05, 4.69) is 5.32 Å². The lowest BCUT2D eigenvalue weighted by atomic mass is 9.66. The van der Waals surface area contributed by atoms with Gasteiger partial charge in [-0.25, -0.2) is 4.39 Å². The number of carbonyl (C=O) groups excluding carboxylic acids is 2. The monoisotopic (exact) mass is 513 g/mol. The summed E-state index contributed by atoms with van der Waals surface area (Å²) in [6, 6.07) is 4.40. The molecule has 1 aliphatic carbocycles. The molecule has 11 heteroatoms. The summed E-state index contributed by atoms with van der Waals surface area (Å²) in [5.41, 5.74) is -1.69. The van der Waals surface area contributed by atoms with Crippen molar-refractivity contribution in [3.05, 3.63) is 62.3 Å². The number of benzene rings is 1. The third kappa shape index (κ3) is 4.28. The van der Waals surface area contributed by atoms with Gasteiger partial charge in [0.25, 0.3) is 11.8 Å². The zero-order chi connectivity index (χ0) is 23.9. The van der Waals surface area contributed by atoms with E-state index in [1.54, 1.807) is 18.1 Å². The number of aromatic hydroxyl groups is 1. The van der Waals surface area contributed by atoms with Gasteiger partial charge in [-0.2, -0.15) is 0 Å². The van der Waals surface area contributed by atoms with Gasteiger partial charge in [0.1, 0.15) is 11.4 Å². The van der Waals surface area contributed by atoms with Crippen LogP contribution in [0.1, 0.15) is 46.2 Å². The maximum atomic E-state index is 14.1. The molecule has 0 unspecified atom stereocenters. The molecule has 1 spiro atoms. The van der Waals surface area contributed by atoms with Gasteiger partial charge in [-0.1, -0.05) is 23.7 Å². The van der Waals surface area contributed by atoms with Gasteiger partial charge < -0.3 is 24.6 Å². The quantitative estimate of drug-likeness (QED) is 0.618. The second-order valence-electron chi connectivity index (χ2n) is 8.60. The minimum atomic E-state index is -0.948. The van der Waals surface area contributed by atoms with E-state index in [4.69, 9.17) is 16.3 Å². The maximum absolute atomic E-state index is 14.1. The number of hydrogen-bond acceptors (Lipinski definition) is 5. The summed E-state index contributed by atoms with van der Waals surface area (Å²) in [6.45, 7) is 3.02. The van der Waals surface area contributed by atoms with Crippen LogP contribution < -0.4 is 10.7 Å². The fourth-order valence-corrected chi connectivity index (χ4v) is 5.25. The number of nitrogens with one attached hydrogen (secondary N) is 1. The van der Waals surface area contributed by atoms with Crippen molar-refractivity contribution in [1.82, 2.24) is 14.8 Å². The number of methoxy groups -OCH3 is 1. The lowest BCUT2D eigenvalue weighted by Gasteiger charge is -2.56. The zero-order valence-corrected chi connectivity index (χ0v) is 20.3. The molecule has 2 amide bonds. The predicted molar refractivity (Wildman–Crippen MR) is 126 cm³/mol. The van der Waals surface area contributed by atoms with E-state index in [-0.39, 0.29) is 40.8 Å². The Morgan fingerprint density at radius 1 is 1.35 bits per heavy atom. The van der Waals surface area contributed by atoms with Crippen LogP contribution >= 0.6 is 24.0 Å². The van der Waals surface area contributed by atoms with Crippen LogP contribution in [0.2, 0.25) is 5.02 Å². The molecule has 1 fully saturated rings. The molecule has 4 rings (SSSR count). The van der Waals surface area contributed by atoms with E-state index in [1.165, 1.54) is 22.9 Å². The standard InChI is InChI=1S/C23H25ClFN3O5.ClH/c1-3-28-22(32)18-20(30)19(29)15(10-27(18)12-23(28)7-13(8-23)11-33-2)21(31)26-9-14-5-4-6-16(24)17(14)25;/h4-6,10,13,30H,3,7-9,11-12H2,1-2H3,(H,26,31);1H. The first-order valence-corrected chi connectivity index (χ1v) is 11.1. The Bertz CT molecular complexity index is 1180. The third-order valence-corrected chi connectivity index (χ3v) is 6.80. The number of aromatic nitrogens is 1. The fourth-order valence-electron chi connectivity index (χ4n) is 5.06. The Morgan fingerprint density at radius 2 is 2.06 bits per heavy atom. The number of carbonyl (C=O) groups is 2. The van der Waals surface area contributed by atoms with Gasteiger partial charge in [-0.15, -0.1) is 12.4 Å². The molecule has 2 N–H and O–H groups in total.